The molecule has 1 saturated heterocycles. The fourth-order valence-electron chi connectivity index (χ4n) is 4.82. The third-order valence-electron chi connectivity index (χ3n) is 6.65. The maximum Gasteiger partial charge on any atom is 0.573 e. The van der Waals surface area contributed by atoms with Crippen LogP contribution in [0.25, 0.3) is 0 Å². The van der Waals surface area contributed by atoms with Gasteiger partial charge in [-0.1, -0.05) is 19.3 Å². The van der Waals surface area contributed by atoms with Crippen molar-refractivity contribution in [1.82, 2.24) is 9.88 Å². The second-order valence-electron chi connectivity index (χ2n) is 9.04. The van der Waals surface area contributed by atoms with E-state index in [-0.39, 0.29) is 23.2 Å². The highest BCUT2D eigenvalue weighted by atomic mass is 19.4. The van der Waals surface area contributed by atoms with E-state index in [9.17, 15) is 18.0 Å². The van der Waals surface area contributed by atoms with Gasteiger partial charge in [-0.3, -0.25) is 4.79 Å². The van der Waals surface area contributed by atoms with Gasteiger partial charge in [0.05, 0.1) is 11.3 Å². The summed E-state index contributed by atoms with van der Waals surface area (Å²) in [6, 6.07) is 5.63. The van der Waals surface area contributed by atoms with E-state index in [1.54, 1.807) is 4.90 Å². The van der Waals surface area contributed by atoms with Crippen LogP contribution in [0.1, 0.15) is 66.8 Å². The Morgan fingerprint density at radius 3 is 2.41 bits per heavy atom. The number of nitrogens with one attached hydrogen (secondary N) is 1. The van der Waals surface area contributed by atoms with Gasteiger partial charge in [0, 0.05) is 37.1 Å². The second-order valence-corrected chi connectivity index (χ2v) is 9.04. The Morgan fingerprint density at radius 2 is 1.76 bits per heavy atom. The first-order valence-corrected chi connectivity index (χ1v) is 11.7. The van der Waals surface area contributed by atoms with Gasteiger partial charge >= 0.3 is 6.36 Å². The van der Waals surface area contributed by atoms with Gasteiger partial charge in [-0.2, -0.15) is 0 Å². The molecule has 2 aromatic rings. The zero-order chi connectivity index (χ0) is 24.3. The molecule has 10 heteroatoms. The third-order valence-corrected chi connectivity index (χ3v) is 6.65. The maximum absolute atomic E-state index is 12.9. The molecule has 0 atom stereocenters. The van der Waals surface area contributed by atoms with Crippen LogP contribution in [0.4, 0.5) is 30.4 Å². The molecule has 0 radical (unpaired) electrons. The molecule has 1 aromatic heterocycles. The summed E-state index contributed by atoms with van der Waals surface area (Å²) >= 11 is 0. The minimum Gasteiger partial charge on any atom is -0.406 e. The van der Waals surface area contributed by atoms with Gasteiger partial charge in [-0.15, -0.1) is 13.2 Å². The third kappa shape index (κ3) is 5.84. The predicted molar refractivity (Wildman–Crippen MR) is 125 cm³/mol. The number of nitrogens with two attached hydrogens (primary N) is 2. The van der Waals surface area contributed by atoms with Crippen LogP contribution in [0, 0.1) is 0 Å². The lowest BCUT2D eigenvalue weighted by molar-refractivity contribution is -0.274. The summed E-state index contributed by atoms with van der Waals surface area (Å²) in [5, 5.41) is 3.50. The number of hydrogen-bond acceptors (Lipinski definition) is 6. The minimum absolute atomic E-state index is 0.0506. The van der Waals surface area contributed by atoms with E-state index in [2.05, 4.69) is 21.1 Å². The van der Waals surface area contributed by atoms with Crippen LogP contribution < -0.4 is 21.5 Å². The van der Waals surface area contributed by atoms with Crippen molar-refractivity contribution in [3.8, 4) is 5.75 Å². The number of benzene rings is 1. The number of amides is 1. The van der Waals surface area contributed by atoms with Crippen LogP contribution in [0.3, 0.4) is 0 Å². The highest BCUT2D eigenvalue weighted by Gasteiger charge is 2.32. The van der Waals surface area contributed by atoms with Gasteiger partial charge in [0.15, 0.2) is 0 Å². The van der Waals surface area contributed by atoms with Crippen LogP contribution in [0.2, 0.25) is 0 Å². The van der Waals surface area contributed by atoms with Crippen LogP contribution in [-0.4, -0.2) is 41.3 Å². The molecular formula is C24H30F3N5O2. The molecule has 1 saturated carbocycles. The first kappa shape index (κ1) is 24.0. The highest BCUT2D eigenvalue weighted by molar-refractivity contribution is 5.99. The van der Waals surface area contributed by atoms with Crippen molar-refractivity contribution >= 4 is 23.1 Å². The first-order chi connectivity index (χ1) is 16.2. The Kier molecular flexibility index (Phi) is 7.04. The first-order valence-electron chi connectivity index (χ1n) is 11.7. The van der Waals surface area contributed by atoms with E-state index in [0.29, 0.717) is 37.7 Å². The summed E-state index contributed by atoms with van der Waals surface area (Å²) in [4.78, 5) is 18.9. The standard InChI is InChI=1S/C24H30F3N5O2/c25-24(26,27)34-18-6-7-19(20(28)13-18)23(33)32-10-8-17(9-11-32)31-21-12-16(14-30-22(21)29)15-4-2-1-3-5-15/h6-7,12-15,17,31H,1-5,8-11,28H2,(H2,29,30). The topological polar surface area (TPSA) is 106 Å². The molecule has 2 aliphatic rings. The van der Waals surface area contributed by atoms with Crippen molar-refractivity contribution in [3.05, 3.63) is 41.6 Å². The Hall–Kier alpha value is -3.17. The molecule has 2 heterocycles. The molecule has 1 aliphatic heterocycles. The number of aromatic nitrogens is 1. The number of ether oxygens (including phenoxy) is 1. The average molecular weight is 478 g/mol. The monoisotopic (exact) mass is 477 g/mol. The largest absolute Gasteiger partial charge is 0.573 e. The highest BCUT2D eigenvalue weighted by Crippen LogP contribution is 2.35. The summed E-state index contributed by atoms with van der Waals surface area (Å²) in [6.45, 7) is 0.985. The molecular weight excluding hydrogens is 447 g/mol. The zero-order valence-electron chi connectivity index (χ0n) is 18.9. The number of hydrogen-bond donors (Lipinski definition) is 3. The number of anilines is 3. The zero-order valence-corrected chi connectivity index (χ0v) is 18.9. The lowest BCUT2D eigenvalue weighted by Gasteiger charge is -2.33. The van der Waals surface area contributed by atoms with E-state index < -0.39 is 12.1 Å². The summed E-state index contributed by atoms with van der Waals surface area (Å²) in [5.74, 6) is 0.230. The van der Waals surface area contributed by atoms with E-state index in [0.717, 1.165) is 17.8 Å². The van der Waals surface area contributed by atoms with Gasteiger partial charge in [0.2, 0.25) is 0 Å². The molecule has 184 valence electrons. The van der Waals surface area contributed by atoms with Crippen molar-refractivity contribution in [3.63, 3.8) is 0 Å². The van der Waals surface area contributed by atoms with Gasteiger partial charge < -0.3 is 26.4 Å². The normalized spacial score (nSPS) is 18.0. The fraction of sp³-hybridized carbons (Fsp3) is 0.500. The number of carbonyl (C=O) groups is 1. The average Bonchev–Trinajstić information content (AvgIpc) is 2.80. The Morgan fingerprint density at radius 1 is 1.06 bits per heavy atom. The van der Waals surface area contributed by atoms with Crippen molar-refractivity contribution in [2.24, 2.45) is 0 Å². The van der Waals surface area contributed by atoms with E-state index in [4.69, 9.17) is 11.5 Å². The quantitative estimate of drug-likeness (QED) is 0.529. The number of alkyl halides is 3. The number of pyridine rings is 1. The number of nitrogens with zero attached hydrogens (tertiary/aromatic N) is 2. The molecule has 4 rings (SSSR count). The van der Waals surface area contributed by atoms with Crippen molar-refractivity contribution in [2.75, 3.05) is 29.9 Å². The SMILES string of the molecule is Nc1cc(OC(F)(F)F)ccc1C(=O)N1CCC(Nc2cc(C3CCCCC3)cnc2N)CC1. The van der Waals surface area contributed by atoms with Gasteiger partial charge in [-0.05, 0) is 55.4 Å². The maximum atomic E-state index is 12.9. The molecule has 1 aromatic carbocycles. The van der Waals surface area contributed by atoms with Crippen LogP contribution >= 0.6 is 0 Å². The minimum atomic E-state index is -4.82. The summed E-state index contributed by atoms with van der Waals surface area (Å²) in [7, 11) is 0. The van der Waals surface area contributed by atoms with Crippen molar-refractivity contribution in [1.29, 1.82) is 0 Å². The predicted octanol–water partition coefficient (Wildman–Crippen LogP) is 4.91. The molecule has 5 N–H and O–H groups in total. The van der Waals surface area contributed by atoms with Gasteiger partial charge in [0.25, 0.3) is 5.91 Å². The molecule has 1 amide bonds. The Bertz CT molecular complexity index is 1020. The number of nitrogen functional groups attached to an aromatic ring is 2. The Labute approximate surface area is 196 Å². The summed E-state index contributed by atoms with van der Waals surface area (Å²) in [6.07, 6.45) is 4.60. The molecule has 0 unspecified atom stereocenters. The van der Waals surface area contributed by atoms with Crippen molar-refractivity contribution in [2.45, 2.75) is 63.3 Å². The molecule has 1 aliphatic carbocycles. The number of likely N-dealkylation sites (tertiary alicyclic amines) is 1. The summed E-state index contributed by atoms with van der Waals surface area (Å²) in [5.41, 5.74) is 14.1. The van der Waals surface area contributed by atoms with E-state index in [1.165, 1.54) is 43.7 Å². The Balaban J connectivity index is 1.35. The molecule has 7 nitrogen and oxygen atoms in total. The van der Waals surface area contributed by atoms with Crippen molar-refractivity contribution < 1.29 is 22.7 Å². The fourth-order valence-corrected chi connectivity index (χ4v) is 4.82. The van der Waals surface area contributed by atoms with Gasteiger partial charge in [0.1, 0.15) is 11.6 Å². The molecule has 0 spiro atoms. The smallest absolute Gasteiger partial charge is 0.406 e. The summed E-state index contributed by atoms with van der Waals surface area (Å²) < 4.78 is 41.1. The number of rotatable bonds is 5. The molecule has 34 heavy (non-hydrogen) atoms. The lowest BCUT2D eigenvalue weighted by Crippen LogP contribution is -2.42. The van der Waals surface area contributed by atoms with Gasteiger partial charge in [-0.25, -0.2) is 4.98 Å². The number of carbonyl (C=O) groups excluding carboxylic acids is 1. The van der Waals surface area contributed by atoms with Crippen LogP contribution in [-0.2, 0) is 0 Å². The lowest BCUT2D eigenvalue weighted by atomic mass is 9.84. The number of halogens is 3. The number of piperidine rings is 1. The van der Waals surface area contributed by atoms with E-state index >= 15 is 0 Å². The molecule has 0 bridgehead atoms. The van der Waals surface area contributed by atoms with Crippen LogP contribution in [0.15, 0.2) is 30.5 Å². The van der Waals surface area contributed by atoms with E-state index in [1.807, 2.05) is 6.20 Å². The van der Waals surface area contributed by atoms with Crippen LogP contribution in [0.5, 0.6) is 5.75 Å². The second kappa shape index (κ2) is 9.99. The molecule has 2 fully saturated rings.